The number of aromatic nitrogens is 3. The van der Waals surface area contributed by atoms with Crippen LogP contribution in [0.2, 0.25) is 0 Å². The Morgan fingerprint density at radius 1 is 1.11 bits per heavy atom. The van der Waals surface area contributed by atoms with Crippen molar-refractivity contribution in [1.82, 2.24) is 20.5 Å². The molecule has 1 aliphatic heterocycles. The zero-order chi connectivity index (χ0) is 12.4. The highest BCUT2D eigenvalue weighted by molar-refractivity contribution is 5.56. The highest BCUT2D eigenvalue weighted by atomic mass is 19.1. The molecule has 0 spiro atoms. The summed E-state index contributed by atoms with van der Waals surface area (Å²) in [5, 5.41) is 10.4. The Morgan fingerprint density at radius 2 is 1.83 bits per heavy atom. The van der Waals surface area contributed by atoms with Crippen molar-refractivity contribution in [3.63, 3.8) is 0 Å². The minimum Gasteiger partial charge on any atom is -0.337 e. The third-order valence-electron chi connectivity index (χ3n) is 2.99. The van der Waals surface area contributed by atoms with Crippen molar-refractivity contribution in [2.75, 3.05) is 31.1 Å². The molecule has 0 aliphatic carbocycles. The summed E-state index contributed by atoms with van der Waals surface area (Å²) >= 11 is 0. The van der Waals surface area contributed by atoms with Gasteiger partial charge in [-0.05, 0) is 24.3 Å². The van der Waals surface area contributed by atoms with Crippen LogP contribution in [0.15, 0.2) is 24.3 Å². The van der Waals surface area contributed by atoms with Gasteiger partial charge in [-0.3, -0.25) is 5.10 Å². The average Bonchev–Trinajstić information content (AvgIpc) is 2.90. The summed E-state index contributed by atoms with van der Waals surface area (Å²) in [6, 6.07) is 6.22. The van der Waals surface area contributed by atoms with E-state index in [9.17, 15) is 4.39 Å². The van der Waals surface area contributed by atoms with E-state index < -0.39 is 0 Å². The Kier molecular flexibility index (Phi) is 2.93. The molecule has 18 heavy (non-hydrogen) atoms. The second-order valence-electron chi connectivity index (χ2n) is 4.23. The molecule has 5 nitrogen and oxygen atoms in total. The molecule has 3 rings (SSSR count). The minimum atomic E-state index is -0.249. The van der Waals surface area contributed by atoms with Crippen LogP contribution in [0.5, 0.6) is 0 Å². The maximum absolute atomic E-state index is 12.8. The van der Waals surface area contributed by atoms with Gasteiger partial charge >= 0.3 is 0 Å². The SMILES string of the molecule is Fc1ccc(-c2nc(N3CCNCC3)n[nH]2)cc1. The van der Waals surface area contributed by atoms with Gasteiger partial charge in [-0.1, -0.05) is 0 Å². The maximum atomic E-state index is 12.8. The molecule has 0 saturated carbocycles. The van der Waals surface area contributed by atoms with E-state index in [4.69, 9.17) is 0 Å². The first-order valence-corrected chi connectivity index (χ1v) is 5.97. The number of nitrogens with one attached hydrogen (secondary N) is 2. The summed E-state index contributed by atoms with van der Waals surface area (Å²) in [4.78, 5) is 6.57. The fourth-order valence-corrected chi connectivity index (χ4v) is 2.00. The summed E-state index contributed by atoms with van der Waals surface area (Å²) in [6.45, 7) is 3.70. The molecule has 2 N–H and O–H groups in total. The number of anilines is 1. The lowest BCUT2D eigenvalue weighted by atomic mass is 10.2. The summed E-state index contributed by atoms with van der Waals surface area (Å²) in [7, 11) is 0. The first-order valence-electron chi connectivity index (χ1n) is 5.97. The number of nitrogens with zero attached hydrogens (tertiary/aromatic N) is 3. The van der Waals surface area contributed by atoms with Gasteiger partial charge < -0.3 is 10.2 Å². The normalized spacial score (nSPS) is 15.9. The van der Waals surface area contributed by atoms with Crippen molar-refractivity contribution in [1.29, 1.82) is 0 Å². The fraction of sp³-hybridized carbons (Fsp3) is 0.333. The van der Waals surface area contributed by atoms with Crippen LogP contribution >= 0.6 is 0 Å². The van der Waals surface area contributed by atoms with Crippen LogP contribution < -0.4 is 10.2 Å². The Bertz CT molecular complexity index is 516. The van der Waals surface area contributed by atoms with Crippen molar-refractivity contribution in [3.05, 3.63) is 30.1 Å². The van der Waals surface area contributed by atoms with Crippen LogP contribution in [0.4, 0.5) is 10.3 Å². The quantitative estimate of drug-likeness (QED) is 0.832. The molecular formula is C12H14FN5. The van der Waals surface area contributed by atoms with Crippen LogP contribution in [0, 0.1) is 5.82 Å². The van der Waals surface area contributed by atoms with Crippen molar-refractivity contribution < 1.29 is 4.39 Å². The average molecular weight is 247 g/mol. The number of rotatable bonds is 2. The lowest BCUT2D eigenvalue weighted by Crippen LogP contribution is -2.44. The summed E-state index contributed by atoms with van der Waals surface area (Å²) in [5.74, 6) is 1.12. The van der Waals surface area contributed by atoms with E-state index in [1.807, 2.05) is 0 Å². The monoisotopic (exact) mass is 247 g/mol. The molecule has 1 aromatic heterocycles. The molecular weight excluding hydrogens is 233 g/mol. The number of halogens is 1. The number of benzene rings is 1. The highest BCUT2D eigenvalue weighted by Crippen LogP contribution is 2.18. The molecule has 6 heteroatoms. The standard InChI is InChI=1S/C12H14FN5/c13-10-3-1-9(2-4-10)11-15-12(17-16-11)18-7-5-14-6-8-18/h1-4,14H,5-8H2,(H,15,16,17). The maximum Gasteiger partial charge on any atom is 0.245 e. The van der Waals surface area contributed by atoms with Gasteiger partial charge in [-0.25, -0.2) is 4.39 Å². The Morgan fingerprint density at radius 3 is 2.56 bits per heavy atom. The van der Waals surface area contributed by atoms with Crippen molar-refractivity contribution >= 4 is 5.95 Å². The van der Waals surface area contributed by atoms with Crippen LogP contribution in [0.1, 0.15) is 0 Å². The number of H-pyrrole nitrogens is 1. The van der Waals surface area contributed by atoms with E-state index in [-0.39, 0.29) is 5.82 Å². The lowest BCUT2D eigenvalue weighted by Gasteiger charge is -2.25. The number of aromatic amines is 1. The van der Waals surface area contributed by atoms with Crippen LogP contribution in [-0.2, 0) is 0 Å². The van der Waals surface area contributed by atoms with E-state index in [2.05, 4.69) is 25.4 Å². The molecule has 1 aliphatic rings. The predicted molar refractivity (Wildman–Crippen MR) is 66.9 cm³/mol. The second-order valence-corrected chi connectivity index (χ2v) is 4.23. The van der Waals surface area contributed by atoms with E-state index in [1.54, 1.807) is 12.1 Å². The van der Waals surface area contributed by atoms with Crippen molar-refractivity contribution in [2.45, 2.75) is 0 Å². The highest BCUT2D eigenvalue weighted by Gasteiger charge is 2.15. The predicted octanol–water partition coefficient (Wildman–Crippen LogP) is 1.02. The Hall–Kier alpha value is -1.95. The van der Waals surface area contributed by atoms with Gasteiger partial charge in [0.15, 0.2) is 5.82 Å². The second kappa shape index (κ2) is 4.73. The smallest absolute Gasteiger partial charge is 0.245 e. The van der Waals surface area contributed by atoms with Gasteiger partial charge in [-0.15, -0.1) is 5.10 Å². The largest absolute Gasteiger partial charge is 0.337 e. The Labute approximate surface area is 104 Å². The first kappa shape index (κ1) is 11.2. The molecule has 2 aromatic rings. The molecule has 2 heterocycles. The van der Waals surface area contributed by atoms with Gasteiger partial charge in [0.25, 0.3) is 0 Å². The molecule has 1 aromatic carbocycles. The topological polar surface area (TPSA) is 56.8 Å². The van der Waals surface area contributed by atoms with Crippen LogP contribution in [0.3, 0.4) is 0 Å². The summed E-state index contributed by atoms with van der Waals surface area (Å²) in [5.41, 5.74) is 0.838. The molecule has 0 unspecified atom stereocenters. The molecule has 0 bridgehead atoms. The summed E-state index contributed by atoms with van der Waals surface area (Å²) in [6.07, 6.45) is 0. The first-order chi connectivity index (χ1) is 8.83. The van der Waals surface area contributed by atoms with Gasteiger partial charge in [0.2, 0.25) is 5.95 Å². The van der Waals surface area contributed by atoms with Gasteiger partial charge in [0.1, 0.15) is 5.82 Å². The Balaban J connectivity index is 1.82. The number of piperazine rings is 1. The van der Waals surface area contributed by atoms with Crippen LogP contribution in [0.25, 0.3) is 11.4 Å². The molecule has 0 atom stereocenters. The minimum absolute atomic E-state index is 0.249. The fourth-order valence-electron chi connectivity index (χ4n) is 2.00. The van der Waals surface area contributed by atoms with E-state index in [0.29, 0.717) is 11.8 Å². The van der Waals surface area contributed by atoms with E-state index >= 15 is 0 Å². The zero-order valence-electron chi connectivity index (χ0n) is 9.86. The van der Waals surface area contributed by atoms with Gasteiger partial charge in [-0.2, -0.15) is 4.98 Å². The molecule has 94 valence electrons. The molecule has 0 radical (unpaired) electrons. The summed E-state index contributed by atoms with van der Waals surface area (Å²) < 4.78 is 12.8. The van der Waals surface area contributed by atoms with Gasteiger partial charge in [0, 0.05) is 31.7 Å². The van der Waals surface area contributed by atoms with E-state index in [1.165, 1.54) is 12.1 Å². The zero-order valence-corrected chi connectivity index (χ0v) is 9.86. The van der Waals surface area contributed by atoms with Crippen molar-refractivity contribution in [3.8, 4) is 11.4 Å². The van der Waals surface area contributed by atoms with Gasteiger partial charge in [0.05, 0.1) is 0 Å². The van der Waals surface area contributed by atoms with Crippen LogP contribution in [-0.4, -0.2) is 41.4 Å². The third kappa shape index (κ3) is 2.19. The lowest BCUT2D eigenvalue weighted by molar-refractivity contribution is 0.580. The van der Waals surface area contributed by atoms with E-state index in [0.717, 1.165) is 31.7 Å². The molecule has 1 fully saturated rings. The number of hydrogen-bond acceptors (Lipinski definition) is 4. The number of hydrogen-bond donors (Lipinski definition) is 2. The molecule has 1 saturated heterocycles. The molecule has 0 amide bonds. The van der Waals surface area contributed by atoms with Crippen molar-refractivity contribution in [2.24, 2.45) is 0 Å². The third-order valence-corrected chi connectivity index (χ3v) is 2.99.